The van der Waals surface area contributed by atoms with Crippen LogP contribution in [0.15, 0.2) is 24.3 Å². The zero-order chi connectivity index (χ0) is 31.9. The molecule has 0 saturated heterocycles. The van der Waals surface area contributed by atoms with Crippen LogP contribution in [0.5, 0.6) is 0 Å². The minimum Gasteiger partial charge on any atom is -0.434 e. The van der Waals surface area contributed by atoms with Gasteiger partial charge < -0.3 is 9.47 Å². The molecule has 0 aliphatic rings. The van der Waals surface area contributed by atoms with Crippen LogP contribution < -0.4 is 0 Å². The Hall–Kier alpha value is -1.25. The average Bonchev–Trinajstić information content (AvgIpc) is 3.03. The summed E-state index contributed by atoms with van der Waals surface area (Å²) in [5, 5.41) is 0. The molecule has 0 aliphatic carbocycles. The van der Waals surface area contributed by atoms with Crippen LogP contribution in [0, 0.1) is 0 Å². The number of unbranched alkanes of at least 4 members (excludes halogenated alkanes) is 28. The first-order chi connectivity index (χ1) is 21.8. The van der Waals surface area contributed by atoms with Gasteiger partial charge in [-0.1, -0.05) is 179 Å². The van der Waals surface area contributed by atoms with Gasteiger partial charge in [0.2, 0.25) is 0 Å². The molecule has 0 heterocycles. The number of carbonyl (C=O) groups is 1. The summed E-state index contributed by atoms with van der Waals surface area (Å²) < 4.78 is 10.5. The van der Waals surface area contributed by atoms with Gasteiger partial charge in [-0.3, -0.25) is 0 Å². The molecule has 0 unspecified atom stereocenters. The van der Waals surface area contributed by atoms with Gasteiger partial charge in [0.1, 0.15) is 0 Å². The first-order valence-electron chi connectivity index (χ1n) is 19.9. The number of rotatable bonds is 36. The van der Waals surface area contributed by atoms with E-state index < -0.39 is 6.16 Å². The summed E-state index contributed by atoms with van der Waals surface area (Å²) in [4.78, 5) is 11.7. The predicted molar refractivity (Wildman–Crippen MR) is 195 cm³/mol. The van der Waals surface area contributed by atoms with Crippen molar-refractivity contribution in [1.29, 1.82) is 0 Å². The number of ether oxygens (including phenoxy) is 2. The van der Waals surface area contributed by atoms with Crippen molar-refractivity contribution in [2.75, 3.05) is 13.2 Å². The third kappa shape index (κ3) is 38.8. The smallest absolute Gasteiger partial charge is 0.434 e. The quantitative estimate of drug-likeness (QED) is 0.0398. The second kappa shape index (κ2) is 39.8. The fourth-order valence-electron chi connectivity index (χ4n) is 5.76. The Morgan fingerprint density at radius 3 is 0.841 bits per heavy atom. The lowest BCUT2D eigenvalue weighted by molar-refractivity contribution is 0.0529. The van der Waals surface area contributed by atoms with Crippen LogP contribution in [0.1, 0.15) is 219 Å². The van der Waals surface area contributed by atoms with Gasteiger partial charge in [-0.05, 0) is 64.2 Å². The molecule has 260 valence electrons. The Morgan fingerprint density at radius 1 is 0.341 bits per heavy atom. The van der Waals surface area contributed by atoms with Gasteiger partial charge in [0, 0.05) is 0 Å². The maximum atomic E-state index is 11.7. The Labute approximate surface area is 276 Å². The maximum absolute atomic E-state index is 11.7. The van der Waals surface area contributed by atoms with E-state index in [1.165, 1.54) is 180 Å². The molecule has 0 aromatic carbocycles. The minimum absolute atomic E-state index is 0.481. The van der Waals surface area contributed by atoms with E-state index in [0.29, 0.717) is 13.2 Å². The normalized spacial score (nSPS) is 11.7. The summed E-state index contributed by atoms with van der Waals surface area (Å²) in [5.41, 5.74) is 0. The third-order valence-corrected chi connectivity index (χ3v) is 8.75. The van der Waals surface area contributed by atoms with Crippen molar-refractivity contribution < 1.29 is 14.3 Å². The van der Waals surface area contributed by atoms with Crippen LogP contribution in [0.3, 0.4) is 0 Å². The van der Waals surface area contributed by atoms with Crippen LogP contribution in [0.2, 0.25) is 0 Å². The van der Waals surface area contributed by atoms with Crippen LogP contribution in [-0.4, -0.2) is 19.4 Å². The van der Waals surface area contributed by atoms with Gasteiger partial charge >= 0.3 is 6.16 Å². The number of hydrogen-bond acceptors (Lipinski definition) is 3. The van der Waals surface area contributed by atoms with E-state index in [9.17, 15) is 4.79 Å². The Balaban J connectivity index is 3.21. The zero-order valence-corrected chi connectivity index (χ0v) is 30.1. The summed E-state index contributed by atoms with van der Waals surface area (Å²) in [6.45, 7) is 5.56. The highest BCUT2D eigenvalue weighted by Crippen LogP contribution is 2.13. The third-order valence-electron chi connectivity index (χ3n) is 8.75. The first-order valence-corrected chi connectivity index (χ1v) is 19.9. The molecule has 0 atom stereocenters. The summed E-state index contributed by atoms with van der Waals surface area (Å²) in [6.07, 6.45) is 50.9. The molecule has 0 N–H and O–H groups in total. The van der Waals surface area contributed by atoms with Gasteiger partial charge in [-0.2, -0.15) is 0 Å². The van der Waals surface area contributed by atoms with Gasteiger partial charge in [0.25, 0.3) is 0 Å². The van der Waals surface area contributed by atoms with Crippen LogP contribution in [0.4, 0.5) is 4.79 Å². The SMILES string of the molecule is CCCCCCCC/C=C\CCCCCCCCCCCCOC(=O)OCCCCCCCC/C=C/CCCCCCCC. The molecule has 3 heteroatoms. The summed E-state index contributed by atoms with van der Waals surface area (Å²) in [5.74, 6) is 0. The first kappa shape index (κ1) is 42.8. The molecule has 44 heavy (non-hydrogen) atoms. The molecule has 0 aliphatic heterocycles. The van der Waals surface area contributed by atoms with E-state index in [2.05, 4.69) is 38.2 Å². The second-order valence-corrected chi connectivity index (χ2v) is 13.2. The number of allylic oxidation sites excluding steroid dienone is 4. The minimum atomic E-state index is -0.481. The fraction of sp³-hybridized carbons (Fsp3) is 0.878. The van der Waals surface area contributed by atoms with Crippen molar-refractivity contribution in [3.63, 3.8) is 0 Å². The largest absolute Gasteiger partial charge is 0.508 e. The molecule has 0 saturated carbocycles. The Morgan fingerprint density at radius 2 is 0.568 bits per heavy atom. The fourth-order valence-corrected chi connectivity index (χ4v) is 5.76. The van der Waals surface area contributed by atoms with Crippen molar-refractivity contribution in [1.82, 2.24) is 0 Å². The van der Waals surface area contributed by atoms with E-state index in [1.807, 2.05) is 0 Å². The Bertz CT molecular complexity index is 597. The molecule has 0 fully saturated rings. The predicted octanol–water partition coefficient (Wildman–Crippen LogP) is 14.8. The maximum Gasteiger partial charge on any atom is 0.508 e. The van der Waals surface area contributed by atoms with Crippen LogP contribution in [-0.2, 0) is 9.47 Å². The molecule has 0 radical (unpaired) electrons. The lowest BCUT2D eigenvalue weighted by atomic mass is 10.1. The lowest BCUT2D eigenvalue weighted by Crippen LogP contribution is -2.09. The topological polar surface area (TPSA) is 35.5 Å². The van der Waals surface area contributed by atoms with E-state index >= 15 is 0 Å². The molecule has 0 spiro atoms. The van der Waals surface area contributed by atoms with E-state index in [4.69, 9.17) is 9.47 Å². The zero-order valence-electron chi connectivity index (χ0n) is 30.1. The highest BCUT2D eigenvalue weighted by Gasteiger charge is 2.03. The highest BCUT2D eigenvalue weighted by atomic mass is 16.7. The Kier molecular flexibility index (Phi) is 38.6. The molecule has 0 amide bonds. The average molecular weight is 619 g/mol. The highest BCUT2D eigenvalue weighted by molar-refractivity contribution is 5.59. The molecule has 0 rings (SSSR count). The number of hydrogen-bond donors (Lipinski definition) is 0. The molecule has 0 aromatic heterocycles. The second-order valence-electron chi connectivity index (χ2n) is 13.2. The summed E-state index contributed by atoms with van der Waals surface area (Å²) in [6, 6.07) is 0. The molecule has 0 aromatic rings. The van der Waals surface area contributed by atoms with E-state index in [-0.39, 0.29) is 0 Å². The van der Waals surface area contributed by atoms with Crippen molar-refractivity contribution in [3.8, 4) is 0 Å². The summed E-state index contributed by atoms with van der Waals surface area (Å²) in [7, 11) is 0. The van der Waals surface area contributed by atoms with Gasteiger partial charge in [0.05, 0.1) is 13.2 Å². The summed E-state index contributed by atoms with van der Waals surface area (Å²) >= 11 is 0. The van der Waals surface area contributed by atoms with E-state index in [0.717, 1.165) is 25.7 Å². The van der Waals surface area contributed by atoms with Gasteiger partial charge in [0.15, 0.2) is 0 Å². The molecular weight excluding hydrogens is 540 g/mol. The van der Waals surface area contributed by atoms with Gasteiger partial charge in [-0.25, -0.2) is 4.79 Å². The molecular formula is C41H78O3. The van der Waals surface area contributed by atoms with E-state index in [1.54, 1.807) is 0 Å². The monoisotopic (exact) mass is 619 g/mol. The standard InChI is InChI=1S/C41H78O3/c1-3-5-7-9-11-13-15-17-19-21-22-23-24-26-28-30-32-34-36-38-40-44-41(42)43-39-37-35-33-31-29-27-25-20-18-16-14-12-10-8-6-4-2/h17-20H,3-16,21-40H2,1-2H3/b19-17-,20-18+. The van der Waals surface area contributed by atoms with Gasteiger partial charge in [-0.15, -0.1) is 0 Å². The number of carbonyl (C=O) groups excluding carboxylic acids is 1. The van der Waals surface area contributed by atoms with Crippen LogP contribution >= 0.6 is 0 Å². The molecule has 3 nitrogen and oxygen atoms in total. The van der Waals surface area contributed by atoms with Crippen LogP contribution in [0.25, 0.3) is 0 Å². The lowest BCUT2D eigenvalue weighted by Gasteiger charge is -2.06. The molecule has 0 bridgehead atoms. The van der Waals surface area contributed by atoms with Crippen molar-refractivity contribution in [3.05, 3.63) is 24.3 Å². The van der Waals surface area contributed by atoms with Crippen molar-refractivity contribution in [2.24, 2.45) is 0 Å². The van der Waals surface area contributed by atoms with Crippen molar-refractivity contribution >= 4 is 6.16 Å². The van der Waals surface area contributed by atoms with Crippen molar-refractivity contribution in [2.45, 2.75) is 219 Å².